The summed E-state index contributed by atoms with van der Waals surface area (Å²) >= 11 is 5.65. The first-order valence-electron chi connectivity index (χ1n) is 7.22. The molecular weight excluding hydrogens is 338 g/mol. The lowest BCUT2D eigenvalue weighted by molar-refractivity contribution is 0.296. The third-order valence-corrected chi connectivity index (χ3v) is 5.42. The summed E-state index contributed by atoms with van der Waals surface area (Å²) < 4.78 is 12.5. The number of nitrogens with one attached hydrogen (secondary N) is 1. The molecule has 110 valence electrons. The normalized spacial score (nSPS) is 22.4. The standard InChI is InChI=1S/C15H20BrNO2S/c16-13-7-11(9-17-12-3-1-6-20-10-12)8-14-15(13)19-5-2-4-18-14/h7-8,12,17H,1-6,9-10H2. The Labute approximate surface area is 132 Å². The molecule has 0 aromatic heterocycles. The average Bonchev–Trinajstić information content (AvgIpc) is 2.72. The Morgan fingerprint density at radius 2 is 2.15 bits per heavy atom. The van der Waals surface area contributed by atoms with Gasteiger partial charge in [0.05, 0.1) is 17.7 Å². The molecule has 1 saturated heterocycles. The van der Waals surface area contributed by atoms with Gasteiger partial charge >= 0.3 is 0 Å². The Morgan fingerprint density at radius 3 is 3.00 bits per heavy atom. The van der Waals surface area contributed by atoms with E-state index in [4.69, 9.17) is 9.47 Å². The predicted molar refractivity (Wildman–Crippen MR) is 86.9 cm³/mol. The number of hydrogen-bond acceptors (Lipinski definition) is 4. The molecule has 0 radical (unpaired) electrons. The zero-order chi connectivity index (χ0) is 13.8. The van der Waals surface area contributed by atoms with Crippen molar-refractivity contribution in [2.75, 3.05) is 24.7 Å². The van der Waals surface area contributed by atoms with Gasteiger partial charge in [0.25, 0.3) is 0 Å². The minimum Gasteiger partial charge on any atom is -0.490 e. The summed E-state index contributed by atoms with van der Waals surface area (Å²) in [6, 6.07) is 4.88. The lowest BCUT2D eigenvalue weighted by atomic mass is 10.1. The van der Waals surface area contributed by atoms with E-state index in [0.29, 0.717) is 6.04 Å². The minimum absolute atomic E-state index is 0.642. The second kappa shape index (κ2) is 7.05. The van der Waals surface area contributed by atoms with E-state index in [1.165, 1.54) is 29.9 Å². The van der Waals surface area contributed by atoms with Gasteiger partial charge in [-0.3, -0.25) is 0 Å². The number of hydrogen-bond donors (Lipinski definition) is 1. The van der Waals surface area contributed by atoms with Crippen LogP contribution in [0.3, 0.4) is 0 Å². The summed E-state index contributed by atoms with van der Waals surface area (Å²) in [5.74, 6) is 4.26. The molecule has 2 aliphatic heterocycles. The molecule has 0 aliphatic carbocycles. The van der Waals surface area contributed by atoms with Crippen LogP contribution in [0.5, 0.6) is 11.5 Å². The van der Waals surface area contributed by atoms with Crippen LogP contribution in [0, 0.1) is 0 Å². The van der Waals surface area contributed by atoms with Crippen molar-refractivity contribution < 1.29 is 9.47 Å². The van der Waals surface area contributed by atoms with Crippen molar-refractivity contribution in [3.8, 4) is 11.5 Å². The van der Waals surface area contributed by atoms with Gasteiger partial charge in [0, 0.05) is 24.8 Å². The Kier molecular flexibility index (Phi) is 5.13. The van der Waals surface area contributed by atoms with Crippen molar-refractivity contribution in [2.45, 2.75) is 31.8 Å². The van der Waals surface area contributed by atoms with Gasteiger partial charge in [-0.15, -0.1) is 0 Å². The molecule has 2 aliphatic rings. The van der Waals surface area contributed by atoms with E-state index in [1.54, 1.807) is 0 Å². The van der Waals surface area contributed by atoms with E-state index in [-0.39, 0.29) is 0 Å². The summed E-state index contributed by atoms with van der Waals surface area (Å²) in [5.41, 5.74) is 1.25. The quantitative estimate of drug-likeness (QED) is 0.895. The number of benzene rings is 1. The molecule has 1 N–H and O–H groups in total. The van der Waals surface area contributed by atoms with Crippen molar-refractivity contribution in [1.82, 2.24) is 5.32 Å². The predicted octanol–water partition coefficient (Wildman–Crippen LogP) is 3.60. The second-order valence-corrected chi connectivity index (χ2v) is 7.25. The van der Waals surface area contributed by atoms with Crippen molar-refractivity contribution in [3.05, 3.63) is 22.2 Å². The molecule has 0 bridgehead atoms. The van der Waals surface area contributed by atoms with Crippen LogP contribution in [0.25, 0.3) is 0 Å². The smallest absolute Gasteiger partial charge is 0.175 e. The molecule has 0 spiro atoms. The highest BCUT2D eigenvalue weighted by Crippen LogP contribution is 2.38. The zero-order valence-electron chi connectivity index (χ0n) is 11.5. The van der Waals surface area contributed by atoms with E-state index in [9.17, 15) is 0 Å². The molecule has 3 rings (SSSR count). The highest BCUT2D eigenvalue weighted by atomic mass is 79.9. The Bertz CT molecular complexity index is 463. The average molecular weight is 358 g/mol. The summed E-state index contributed by atoms with van der Waals surface area (Å²) in [7, 11) is 0. The SMILES string of the molecule is Brc1cc(CNC2CCCSC2)cc2c1OCCCO2. The Balaban J connectivity index is 1.67. The first-order chi connectivity index (χ1) is 9.83. The summed E-state index contributed by atoms with van der Waals surface area (Å²) in [6.07, 6.45) is 3.56. The van der Waals surface area contributed by atoms with Crippen LogP contribution < -0.4 is 14.8 Å². The van der Waals surface area contributed by atoms with Crippen molar-refractivity contribution in [3.63, 3.8) is 0 Å². The molecule has 2 heterocycles. The zero-order valence-corrected chi connectivity index (χ0v) is 13.9. The molecule has 3 nitrogen and oxygen atoms in total. The highest BCUT2D eigenvalue weighted by molar-refractivity contribution is 9.10. The fourth-order valence-corrected chi connectivity index (χ4v) is 4.26. The van der Waals surface area contributed by atoms with Crippen LogP contribution in [0.2, 0.25) is 0 Å². The van der Waals surface area contributed by atoms with Gasteiger partial charge in [-0.1, -0.05) is 0 Å². The molecule has 0 saturated carbocycles. The van der Waals surface area contributed by atoms with E-state index >= 15 is 0 Å². The fourth-order valence-electron chi connectivity index (χ4n) is 2.55. The fraction of sp³-hybridized carbons (Fsp3) is 0.600. The molecule has 1 atom stereocenters. The van der Waals surface area contributed by atoms with Crippen LogP contribution in [-0.4, -0.2) is 30.8 Å². The largest absolute Gasteiger partial charge is 0.490 e. The lowest BCUT2D eigenvalue weighted by Gasteiger charge is -2.23. The van der Waals surface area contributed by atoms with Gasteiger partial charge in [0.2, 0.25) is 0 Å². The second-order valence-electron chi connectivity index (χ2n) is 5.25. The van der Waals surface area contributed by atoms with Crippen LogP contribution >= 0.6 is 27.7 Å². The minimum atomic E-state index is 0.642. The van der Waals surface area contributed by atoms with Gasteiger partial charge in [-0.2, -0.15) is 11.8 Å². The highest BCUT2D eigenvalue weighted by Gasteiger charge is 2.17. The van der Waals surface area contributed by atoms with Crippen LogP contribution in [0.15, 0.2) is 16.6 Å². The maximum Gasteiger partial charge on any atom is 0.175 e. The molecule has 1 unspecified atom stereocenters. The van der Waals surface area contributed by atoms with Crippen LogP contribution in [0.4, 0.5) is 0 Å². The van der Waals surface area contributed by atoms with Gasteiger partial charge in [-0.05, 0) is 52.2 Å². The Morgan fingerprint density at radius 1 is 1.25 bits per heavy atom. The number of ether oxygens (including phenoxy) is 2. The molecule has 1 fully saturated rings. The third-order valence-electron chi connectivity index (χ3n) is 3.62. The summed E-state index contributed by atoms with van der Waals surface area (Å²) in [4.78, 5) is 0. The lowest BCUT2D eigenvalue weighted by Crippen LogP contribution is -2.33. The summed E-state index contributed by atoms with van der Waals surface area (Å²) in [5, 5.41) is 3.65. The van der Waals surface area contributed by atoms with Gasteiger partial charge < -0.3 is 14.8 Å². The van der Waals surface area contributed by atoms with Crippen molar-refractivity contribution >= 4 is 27.7 Å². The number of thioether (sulfide) groups is 1. The van der Waals surface area contributed by atoms with E-state index in [1.807, 2.05) is 0 Å². The van der Waals surface area contributed by atoms with E-state index in [0.717, 1.165) is 42.2 Å². The maximum absolute atomic E-state index is 5.77. The first kappa shape index (κ1) is 14.5. The monoisotopic (exact) mass is 357 g/mol. The van der Waals surface area contributed by atoms with Crippen LogP contribution in [-0.2, 0) is 6.54 Å². The topological polar surface area (TPSA) is 30.5 Å². The molecule has 5 heteroatoms. The van der Waals surface area contributed by atoms with Crippen molar-refractivity contribution in [2.24, 2.45) is 0 Å². The van der Waals surface area contributed by atoms with E-state index in [2.05, 4.69) is 45.1 Å². The number of halogens is 1. The molecule has 20 heavy (non-hydrogen) atoms. The van der Waals surface area contributed by atoms with Gasteiger partial charge in [0.15, 0.2) is 11.5 Å². The number of rotatable bonds is 3. The Hall–Kier alpha value is -0.390. The molecule has 0 amide bonds. The van der Waals surface area contributed by atoms with Gasteiger partial charge in [0.1, 0.15) is 0 Å². The molecular formula is C15H20BrNO2S. The third kappa shape index (κ3) is 3.62. The van der Waals surface area contributed by atoms with Crippen LogP contribution in [0.1, 0.15) is 24.8 Å². The first-order valence-corrected chi connectivity index (χ1v) is 9.17. The molecule has 1 aromatic carbocycles. The van der Waals surface area contributed by atoms with E-state index < -0.39 is 0 Å². The maximum atomic E-state index is 5.77. The number of fused-ring (bicyclic) bond motifs is 1. The van der Waals surface area contributed by atoms with Crippen molar-refractivity contribution in [1.29, 1.82) is 0 Å². The molecule has 1 aromatic rings. The summed E-state index contributed by atoms with van der Waals surface area (Å²) in [6.45, 7) is 2.35. The van der Waals surface area contributed by atoms with Gasteiger partial charge in [-0.25, -0.2) is 0 Å².